The molecule has 0 spiro atoms. The molecule has 0 saturated carbocycles. The van der Waals surface area contributed by atoms with Crippen LogP contribution in [0.3, 0.4) is 0 Å². The first kappa shape index (κ1) is 10.5. The Balaban J connectivity index is 2.70. The number of nitrogen functional groups attached to an aromatic ring is 1. The van der Waals surface area contributed by atoms with Gasteiger partial charge in [-0.25, -0.2) is 0 Å². The van der Waals surface area contributed by atoms with E-state index in [0.717, 1.165) is 5.69 Å². The lowest BCUT2D eigenvalue weighted by Crippen LogP contribution is -2.27. The van der Waals surface area contributed by atoms with Gasteiger partial charge in [-0.2, -0.15) is 5.10 Å². The largest absolute Gasteiger partial charge is 0.394 e. The van der Waals surface area contributed by atoms with Crippen LogP contribution in [0.15, 0.2) is 0 Å². The van der Waals surface area contributed by atoms with E-state index in [4.69, 9.17) is 10.5 Å². The average Bonchev–Trinajstić information content (AvgIpc) is 2.48. The molecule has 1 heterocycles. The monoisotopic (exact) mass is 198 g/mol. The molecular formula is C8H14N4O2. The maximum Gasteiger partial charge on any atom is 0.254 e. The number of aryl methyl sites for hydroxylation is 1. The zero-order valence-corrected chi connectivity index (χ0v) is 8.42. The number of hydrogen-bond acceptors (Lipinski definition) is 4. The van der Waals surface area contributed by atoms with Gasteiger partial charge in [0.05, 0.1) is 11.4 Å². The van der Waals surface area contributed by atoms with Crippen LogP contribution in [-0.2, 0) is 9.53 Å². The molecule has 0 saturated heterocycles. The van der Waals surface area contributed by atoms with Crippen molar-refractivity contribution in [3.63, 3.8) is 0 Å². The number of methoxy groups -OCH3 is 1. The minimum Gasteiger partial charge on any atom is -0.394 e. The van der Waals surface area contributed by atoms with Crippen LogP contribution in [0, 0.1) is 6.92 Å². The van der Waals surface area contributed by atoms with Crippen LogP contribution in [-0.4, -0.2) is 29.3 Å². The number of carbonyl (C=O) groups excluding carboxylic acids is 1. The van der Waals surface area contributed by atoms with Crippen LogP contribution in [0.25, 0.3) is 0 Å². The lowest BCUT2D eigenvalue weighted by atomic mass is 10.3. The van der Waals surface area contributed by atoms with E-state index in [0.29, 0.717) is 11.5 Å². The molecule has 1 unspecified atom stereocenters. The summed E-state index contributed by atoms with van der Waals surface area (Å²) in [6.07, 6.45) is -0.522. The first-order valence-corrected chi connectivity index (χ1v) is 4.20. The lowest BCUT2D eigenvalue weighted by Gasteiger charge is -2.08. The molecular weight excluding hydrogens is 184 g/mol. The number of hydrogen-bond donors (Lipinski definition) is 3. The Morgan fingerprint density at radius 2 is 2.36 bits per heavy atom. The lowest BCUT2D eigenvalue weighted by molar-refractivity contribution is -0.124. The number of rotatable bonds is 3. The molecule has 4 N–H and O–H groups in total. The first-order valence-electron chi connectivity index (χ1n) is 4.20. The van der Waals surface area contributed by atoms with Gasteiger partial charge in [-0.05, 0) is 13.8 Å². The van der Waals surface area contributed by atoms with Gasteiger partial charge in [0.1, 0.15) is 6.10 Å². The molecule has 1 aromatic heterocycles. The number of amides is 1. The molecule has 1 rings (SSSR count). The van der Waals surface area contributed by atoms with Crippen LogP contribution in [0.4, 0.5) is 11.5 Å². The van der Waals surface area contributed by atoms with Crippen LogP contribution in [0.5, 0.6) is 0 Å². The van der Waals surface area contributed by atoms with Crippen molar-refractivity contribution in [2.24, 2.45) is 0 Å². The van der Waals surface area contributed by atoms with Gasteiger partial charge in [-0.1, -0.05) is 0 Å². The summed E-state index contributed by atoms with van der Waals surface area (Å²) in [5.74, 6) is 0.0714. The highest BCUT2D eigenvalue weighted by atomic mass is 16.5. The third kappa shape index (κ3) is 2.02. The normalized spacial score (nSPS) is 12.5. The first-order chi connectivity index (χ1) is 6.56. The summed E-state index contributed by atoms with van der Waals surface area (Å²) in [6.45, 7) is 3.42. The minimum atomic E-state index is -0.522. The number of nitrogens with one attached hydrogen (secondary N) is 2. The van der Waals surface area contributed by atoms with E-state index < -0.39 is 6.10 Å². The summed E-state index contributed by atoms with van der Waals surface area (Å²) in [5.41, 5.74) is 6.82. The number of anilines is 2. The summed E-state index contributed by atoms with van der Waals surface area (Å²) in [5, 5.41) is 9.05. The number of ether oxygens (including phenoxy) is 1. The van der Waals surface area contributed by atoms with Crippen molar-refractivity contribution in [3.8, 4) is 0 Å². The predicted molar refractivity (Wildman–Crippen MR) is 52.8 cm³/mol. The molecule has 0 bridgehead atoms. The quantitative estimate of drug-likeness (QED) is 0.650. The second kappa shape index (κ2) is 4.10. The van der Waals surface area contributed by atoms with Crippen molar-refractivity contribution in [2.45, 2.75) is 20.0 Å². The van der Waals surface area contributed by atoms with Crippen molar-refractivity contribution in [3.05, 3.63) is 5.69 Å². The van der Waals surface area contributed by atoms with Gasteiger partial charge in [0.25, 0.3) is 5.91 Å². The summed E-state index contributed by atoms with van der Waals surface area (Å²) >= 11 is 0. The number of nitrogens with zero attached hydrogens (tertiary/aromatic N) is 1. The molecule has 0 aliphatic rings. The Morgan fingerprint density at radius 3 is 2.79 bits per heavy atom. The summed E-state index contributed by atoms with van der Waals surface area (Å²) in [4.78, 5) is 11.4. The second-order valence-corrected chi connectivity index (χ2v) is 2.98. The number of H-pyrrole nitrogens is 1. The van der Waals surface area contributed by atoms with E-state index in [1.165, 1.54) is 7.11 Å². The molecule has 0 aliphatic heterocycles. The van der Waals surface area contributed by atoms with E-state index in [1.807, 2.05) is 0 Å². The highest BCUT2D eigenvalue weighted by Crippen LogP contribution is 2.17. The number of nitrogens with two attached hydrogens (primary N) is 1. The van der Waals surface area contributed by atoms with Crippen molar-refractivity contribution in [1.82, 2.24) is 10.2 Å². The van der Waals surface area contributed by atoms with E-state index in [9.17, 15) is 4.79 Å². The summed E-state index contributed by atoms with van der Waals surface area (Å²) in [6, 6.07) is 0. The SMILES string of the molecule is COC(C)C(=O)Nc1n[nH]c(C)c1N. The zero-order valence-electron chi connectivity index (χ0n) is 8.42. The third-order valence-electron chi connectivity index (χ3n) is 1.96. The van der Waals surface area contributed by atoms with Crippen LogP contribution in [0.1, 0.15) is 12.6 Å². The van der Waals surface area contributed by atoms with Gasteiger partial charge >= 0.3 is 0 Å². The topological polar surface area (TPSA) is 93.0 Å². The Kier molecular flexibility index (Phi) is 3.08. The highest BCUT2D eigenvalue weighted by molar-refractivity contribution is 5.95. The molecule has 0 aromatic carbocycles. The standard InChI is InChI=1S/C8H14N4O2/c1-4-6(9)7(12-11-4)10-8(13)5(2)14-3/h5H,9H2,1-3H3,(H2,10,11,12,13). The Labute approximate surface area is 81.8 Å². The molecule has 78 valence electrons. The van der Waals surface area contributed by atoms with E-state index in [2.05, 4.69) is 15.5 Å². The average molecular weight is 198 g/mol. The predicted octanol–water partition coefficient (Wildman–Crippen LogP) is 0.274. The Morgan fingerprint density at radius 1 is 1.71 bits per heavy atom. The van der Waals surface area contributed by atoms with Gasteiger partial charge in [-0.15, -0.1) is 0 Å². The highest BCUT2D eigenvalue weighted by Gasteiger charge is 2.15. The van der Waals surface area contributed by atoms with E-state index >= 15 is 0 Å². The van der Waals surface area contributed by atoms with Crippen molar-refractivity contribution >= 4 is 17.4 Å². The Bertz CT molecular complexity index is 334. The van der Waals surface area contributed by atoms with E-state index in [1.54, 1.807) is 13.8 Å². The summed E-state index contributed by atoms with van der Waals surface area (Å²) in [7, 11) is 1.46. The fraction of sp³-hybridized carbons (Fsp3) is 0.500. The van der Waals surface area contributed by atoms with Crippen LogP contribution >= 0.6 is 0 Å². The van der Waals surface area contributed by atoms with Gasteiger partial charge in [0, 0.05) is 7.11 Å². The molecule has 0 radical (unpaired) electrons. The molecule has 0 fully saturated rings. The molecule has 6 nitrogen and oxygen atoms in total. The summed E-state index contributed by atoms with van der Waals surface area (Å²) < 4.78 is 4.84. The number of aromatic nitrogens is 2. The van der Waals surface area contributed by atoms with E-state index in [-0.39, 0.29) is 5.91 Å². The van der Waals surface area contributed by atoms with Crippen LogP contribution in [0.2, 0.25) is 0 Å². The van der Waals surface area contributed by atoms with Gasteiger partial charge in [0.15, 0.2) is 5.82 Å². The minimum absolute atomic E-state index is 0.272. The smallest absolute Gasteiger partial charge is 0.254 e. The molecule has 6 heteroatoms. The Hall–Kier alpha value is -1.56. The second-order valence-electron chi connectivity index (χ2n) is 2.98. The van der Waals surface area contributed by atoms with Gasteiger partial charge in [-0.3, -0.25) is 9.89 Å². The maximum absolute atomic E-state index is 11.4. The number of carbonyl (C=O) groups is 1. The molecule has 1 aromatic rings. The van der Waals surface area contributed by atoms with Crippen LogP contribution < -0.4 is 11.1 Å². The fourth-order valence-electron chi connectivity index (χ4n) is 0.858. The van der Waals surface area contributed by atoms with Crippen molar-refractivity contribution in [2.75, 3.05) is 18.2 Å². The fourth-order valence-corrected chi connectivity index (χ4v) is 0.858. The maximum atomic E-state index is 11.4. The molecule has 0 aliphatic carbocycles. The van der Waals surface area contributed by atoms with Gasteiger partial charge in [0.2, 0.25) is 0 Å². The molecule has 1 atom stereocenters. The molecule has 14 heavy (non-hydrogen) atoms. The van der Waals surface area contributed by atoms with Gasteiger partial charge < -0.3 is 15.8 Å². The number of aromatic amines is 1. The van der Waals surface area contributed by atoms with Crippen molar-refractivity contribution in [1.29, 1.82) is 0 Å². The van der Waals surface area contributed by atoms with Crippen molar-refractivity contribution < 1.29 is 9.53 Å². The zero-order chi connectivity index (χ0) is 10.7. The third-order valence-corrected chi connectivity index (χ3v) is 1.96. The molecule has 1 amide bonds.